The second-order valence-corrected chi connectivity index (χ2v) is 6.61. The van der Waals surface area contributed by atoms with Crippen molar-refractivity contribution in [2.45, 2.75) is 10.9 Å². The summed E-state index contributed by atoms with van der Waals surface area (Å²) in [6.07, 6.45) is 1.86. The number of nitrogens with one attached hydrogen (secondary N) is 2. The molecule has 0 aromatic heterocycles. The third kappa shape index (κ3) is 3.04. The molecule has 0 saturated carbocycles. The van der Waals surface area contributed by atoms with E-state index in [-0.39, 0.29) is 16.5 Å². The second-order valence-electron chi connectivity index (χ2n) is 4.95. The molecule has 4 nitrogen and oxygen atoms in total. The molecular weight excluding hydrogens is 355 g/mol. The van der Waals surface area contributed by atoms with Crippen molar-refractivity contribution in [1.29, 1.82) is 0 Å². The molecule has 23 heavy (non-hydrogen) atoms. The molecule has 2 amide bonds. The highest BCUT2D eigenvalue weighted by atomic mass is 35.5. The third-order valence-electron chi connectivity index (χ3n) is 3.55. The monoisotopic (exact) mass is 366 g/mol. The molecule has 3 rings (SSSR count). The lowest BCUT2D eigenvalue weighted by molar-refractivity contribution is -0.117. The summed E-state index contributed by atoms with van der Waals surface area (Å²) in [4.78, 5) is 25.4. The van der Waals surface area contributed by atoms with E-state index in [1.54, 1.807) is 18.2 Å². The van der Waals surface area contributed by atoms with Crippen LogP contribution in [-0.2, 0) is 4.79 Å². The third-order valence-corrected chi connectivity index (χ3v) is 5.07. The van der Waals surface area contributed by atoms with Crippen LogP contribution in [0.25, 0.3) is 0 Å². The molecule has 0 fully saturated rings. The van der Waals surface area contributed by atoms with Crippen LogP contribution in [0.1, 0.15) is 22.0 Å². The van der Waals surface area contributed by atoms with Crippen molar-refractivity contribution in [3.05, 3.63) is 57.6 Å². The van der Waals surface area contributed by atoms with Gasteiger partial charge in [-0.15, -0.1) is 11.8 Å². The summed E-state index contributed by atoms with van der Waals surface area (Å²) in [5.74, 6) is -0.687. The lowest BCUT2D eigenvalue weighted by atomic mass is 10.1. The number of benzene rings is 2. The van der Waals surface area contributed by atoms with Crippen LogP contribution >= 0.6 is 35.0 Å². The molecule has 7 heteroatoms. The van der Waals surface area contributed by atoms with Crippen molar-refractivity contribution in [3.63, 3.8) is 0 Å². The predicted molar refractivity (Wildman–Crippen MR) is 93.5 cm³/mol. The number of fused-ring (bicyclic) bond motifs is 1. The number of thioether (sulfide) groups is 1. The topological polar surface area (TPSA) is 58.2 Å². The first-order valence-corrected chi connectivity index (χ1v) is 8.73. The van der Waals surface area contributed by atoms with Crippen molar-refractivity contribution in [2.24, 2.45) is 0 Å². The molecule has 0 aliphatic carbocycles. The van der Waals surface area contributed by atoms with Crippen LogP contribution in [0.2, 0.25) is 10.0 Å². The Bertz CT molecular complexity index is 811. The van der Waals surface area contributed by atoms with Crippen LogP contribution in [0.3, 0.4) is 0 Å². The zero-order valence-corrected chi connectivity index (χ0v) is 14.4. The van der Waals surface area contributed by atoms with Gasteiger partial charge in [-0.05, 0) is 24.5 Å². The minimum absolute atomic E-state index is 0.247. The Morgan fingerprint density at radius 2 is 1.96 bits per heavy atom. The van der Waals surface area contributed by atoms with Crippen LogP contribution in [0, 0.1) is 0 Å². The van der Waals surface area contributed by atoms with Crippen molar-refractivity contribution in [3.8, 4) is 0 Å². The molecule has 1 heterocycles. The van der Waals surface area contributed by atoms with Crippen molar-refractivity contribution in [2.75, 3.05) is 11.6 Å². The van der Waals surface area contributed by atoms with Crippen LogP contribution in [-0.4, -0.2) is 18.1 Å². The second kappa shape index (κ2) is 6.43. The first kappa shape index (κ1) is 16.2. The highest BCUT2D eigenvalue weighted by Gasteiger charge is 2.32. The fraction of sp³-hybridized carbons (Fsp3) is 0.125. The van der Waals surface area contributed by atoms with Crippen LogP contribution in [0.4, 0.5) is 5.69 Å². The van der Waals surface area contributed by atoms with E-state index < -0.39 is 11.9 Å². The van der Waals surface area contributed by atoms with Gasteiger partial charge in [0.05, 0.1) is 15.6 Å². The maximum absolute atomic E-state index is 12.5. The van der Waals surface area contributed by atoms with E-state index in [9.17, 15) is 9.59 Å². The Hall–Kier alpha value is -1.69. The standard InChI is InChI=1S/C16H12Cl2N2O2S/c1-23-13-6-9(10(17)7-11(13)18)15(21)20-14-8-4-2-3-5-12(8)19-16(14)22/h2-7,14H,1H3,(H,19,22)(H,20,21). The highest BCUT2D eigenvalue weighted by molar-refractivity contribution is 7.98. The van der Waals surface area contributed by atoms with E-state index in [2.05, 4.69) is 10.6 Å². The maximum Gasteiger partial charge on any atom is 0.253 e. The molecule has 1 atom stereocenters. The minimum atomic E-state index is -0.733. The Kier molecular flexibility index (Phi) is 4.53. The Morgan fingerprint density at radius 1 is 1.22 bits per heavy atom. The van der Waals surface area contributed by atoms with Gasteiger partial charge in [0.2, 0.25) is 0 Å². The number of halogens is 2. The van der Waals surface area contributed by atoms with Crippen molar-refractivity contribution in [1.82, 2.24) is 5.32 Å². The van der Waals surface area contributed by atoms with Gasteiger partial charge in [0.1, 0.15) is 6.04 Å². The molecule has 1 unspecified atom stereocenters. The molecule has 2 N–H and O–H groups in total. The molecule has 118 valence electrons. The molecular formula is C16H12Cl2N2O2S. The predicted octanol–water partition coefficient (Wildman–Crippen LogP) is 4.14. The lowest BCUT2D eigenvalue weighted by Gasteiger charge is -2.13. The normalized spacial score (nSPS) is 16.0. The Balaban J connectivity index is 1.90. The number of anilines is 1. The van der Waals surface area contributed by atoms with Crippen LogP contribution in [0.5, 0.6) is 0 Å². The van der Waals surface area contributed by atoms with E-state index >= 15 is 0 Å². The maximum atomic E-state index is 12.5. The minimum Gasteiger partial charge on any atom is -0.336 e. The van der Waals surface area contributed by atoms with Gasteiger partial charge in [-0.3, -0.25) is 9.59 Å². The molecule has 0 spiro atoms. The van der Waals surface area contributed by atoms with Gasteiger partial charge in [0.15, 0.2) is 0 Å². The Labute approximate surface area is 147 Å². The number of hydrogen-bond acceptors (Lipinski definition) is 3. The highest BCUT2D eigenvalue weighted by Crippen LogP contribution is 2.33. The average Bonchev–Trinajstić information content (AvgIpc) is 2.83. The van der Waals surface area contributed by atoms with Gasteiger partial charge in [0.25, 0.3) is 11.8 Å². The van der Waals surface area contributed by atoms with E-state index in [0.29, 0.717) is 10.7 Å². The number of carbonyl (C=O) groups excluding carboxylic acids is 2. The van der Waals surface area contributed by atoms with Crippen LogP contribution in [0.15, 0.2) is 41.3 Å². The quantitative estimate of drug-likeness (QED) is 0.802. The van der Waals surface area contributed by atoms with Gasteiger partial charge >= 0.3 is 0 Å². The molecule has 0 bridgehead atoms. The number of hydrogen-bond donors (Lipinski definition) is 2. The van der Waals surface area contributed by atoms with Gasteiger partial charge in [-0.2, -0.15) is 0 Å². The first-order valence-electron chi connectivity index (χ1n) is 6.75. The van der Waals surface area contributed by atoms with Gasteiger partial charge < -0.3 is 10.6 Å². The van der Waals surface area contributed by atoms with Gasteiger partial charge in [-0.25, -0.2) is 0 Å². The Morgan fingerprint density at radius 3 is 2.70 bits per heavy atom. The zero-order chi connectivity index (χ0) is 16.6. The number of rotatable bonds is 3. The molecule has 1 aliphatic heterocycles. The average molecular weight is 367 g/mol. The van der Waals surface area contributed by atoms with E-state index in [1.807, 2.05) is 18.4 Å². The molecule has 0 saturated heterocycles. The molecule has 0 radical (unpaired) electrons. The van der Waals surface area contributed by atoms with E-state index in [1.165, 1.54) is 17.8 Å². The molecule has 2 aromatic carbocycles. The first-order chi connectivity index (χ1) is 11.0. The zero-order valence-electron chi connectivity index (χ0n) is 12.0. The van der Waals surface area contributed by atoms with Gasteiger partial charge in [-0.1, -0.05) is 41.4 Å². The summed E-state index contributed by atoms with van der Waals surface area (Å²) < 4.78 is 0. The SMILES string of the molecule is CSc1cc(C(=O)NC2C(=O)Nc3ccccc32)c(Cl)cc1Cl. The lowest BCUT2D eigenvalue weighted by Crippen LogP contribution is -2.33. The summed E-state index contributed by atoms with van der Waals surface area (Å²) in [5.41, 5.74) is 1.73. The summed E-state index contributed by atoms with van der Waals surface area (Å²) in [6, 6.07) is 9.66. The van der Waals surface area contributed by atoms with Crippen LogP contribution < -0.4 is 10.6 Å². The summed E-state index contributed by atoms with van der Waals surface area (Å²) in [6.45, 7) is 0. The van der Waals surface area contributed by atoms with E-state index in [0.717, 1.165) is 10.5 Å². The van der Waals surface area contributed by atoms with E-state index in [4.69, 9.17) is 23.2 Å². The summed E-state index contributed by atoms with van der Waals surface area (Å²) in [7, 11) is 0. The number of para-hydroxylation sites is 1. The molecule has 2 aromatic rings. The fourth-order valence-corrected chi connectivity index (χ4v) is 3.61. The largest absolute Gasteiger partial charge is 0.336 e. The summed E-state index contributed by atoms with van der Waals surface area (Å²) in [5, 5.41) is 6.20. The van der Waals surface area contributed by atoms with Crippen molar-refractivity contribution < 1.29 is 9.59 Å². The summed E-state index contributed by atoms with van der Waals surface area (Å²) >= 11 is 13.6. The smallest absolute Gasteiger partial charge is 0.253 e. The number of amides is 2. The van der Waals surface area contributed by atoms with Gasteiger partial charge in [0, 0.05) is 16.1 Å². The number of carbonyl (C=O) groups is 2. The molecule has 1 aliphatic rings. The fourth-order valence-electron chi connectivity index (χ4n) is 2.42. The van der Waals surface area contributed by atoms with Crippen molar-refractivity contribution >= 4 is 52.5 Å².